The predicted molar refractivity (Wildman–Crippen MR) is 70.9 cm³/mol. The summed E-state index contributed by atoms with van der Waals surface area (Å²) in [5, 5.41) is 15.6. The molecule has 16 heavy (non-hydrogen) atoms. The minimum Gasteiger partial charge on any atom is -0.389 e. The van der Waals surface area contributed by atoms with Gasteiger partial charge >= 0.3 is 0 Å². The van der Waals surface area contributed by atoms with Crippen molar-refractivity contribution in [2.24, 2.45) is 0 Å². The van der Waals surface area contributed by atoms with Gasteiger partial charge in [0, 0.05) is 17.5 Å². The molecule has 92 valence electrons. The van der Waals surface area contributed by atoms with E-state index >= 15 is 0 Å². The molecule has 0 saturated carbocycles. The molecule has 0 aliphatic rings. The fourth-order valence-electron chi connectivity index (χ4n) is 1.59. The van der Waals surface area contributed by atoms with Crippen LogP contribution in [0.4, 0.5) is 0 Å². The van der Waals surface area contributed by atoms with Crippen molar-refractivity contribution in [2.45, 2.75) is 51.7 Å². The highest BCUT2D eigenvalue weighted by molar-refractivity contribution is 7.10. The molecular weight excluding hydrogens is 218 g/mol. The molecule has 2 N–H and O–H groups in total. The summed E-state index contributed by atoms with van der Waals surface area (Å²) in [4.78, 5) is 1.37. The number of nitrogens with one attached hydrogen (secondary N) is 1. The molecule has 0 bridgehead atoms. The van der Waals surface area contributed by atoms with Crippen LogP contribution < -0.4 is 5.32 Å². The van der Waals surface area contributed by atoms with E-state index in [2.05, 4.69) is 29.8 Å². The van der Waals surface area contributed by atoms with Gasteiger partial charge in [-0.1, -0.05) is 26.3 Å². The summed E-state index contributed by atoms with van der Waals surface area (Å²) in [5.74, 6) is 0. The van der Waals surface area contributed by atoms with Crippen LogP contribution in [0.1, 0.15) is 51.0 Å². The third-order valence-electron chi connectivity index (χ3n) is 2.95. The zero-order chi connectivity index (χ0) is 12.0. The van der Waals surface area contributed by atoms with E-state index in [0.717, 1.165) is 19.3 Å². The first kappa shape index (κ1) is 13.7. The van der Waals surface area contributed by atoms with Gasteiger partial charge in [-0.25, -0.2) is 0 Å². The first-order valence-electron chi connectivity index (χ1n) is 6.08. The van der Waals surface area contributed by atoms with E-state index in [-0.39, 0.29) is 0 Å². The van der Waals surface area contributed by atoms with Crippen LogP contribution in [0.25, 0.3) is 0 Å². The van der Waals surface area contributed by atoms with Crippen molar-refractivity contribution in [2.75, 3.05) is 6.54 Å². The molecule has 2 atom stereocenters. The van der Waals surface area contributed by atoms with Crippen LogP contribution in [0.5, 0.6) is 0 Å². The third-order valence-corrected chi connectivity index (χ3v) is 3.94. The van der Waals surface area contributed by atoms with Gasteiger partial charge < -0.3 is 10.4 Å². The molecule has 0 aromatic carbocycles. The smallest absolute Gasteiger partial charge is 0.0741 e. The SMILES string of the molecule is CCCC(NCC(C)(O)CC)c1cccs1. The normalized spacial score (nSPS) is 17.0. The molecule has 0 radical (unpaired) electrons. The van der Waals surface area contributed by atoms with Crippen LogP contribution >= 0.6 is 11.3 Å². The molecule has 0 fully saturated rings. The summed E-state index contributed by atoms with van der Waals surface area (Å²) in [6.07, 6.45) is 3.06. The van der Waals surface area contributed by atoms with E-state index in [1.165, 1.54) is 4.88 Å². The Hall–Kier alpha value is -0.380. The number of rotatable bonds is 7. The van der Waals surface area contributed by atoms with E-state index in [9.17, 15) is 5.11 Å². The lowest BCUT2D eigenvalue weighted by Gasteiger charge is -2.25. The maximum atomic E-state index is 9.98. The Morgan fingerprint density at radius 1 is 1.50 bits per heavy atom. The third kappa shape index (κ3) is 4.24. The molecule has 0 amide bonds. The Morgan fingerprint density at radius 3 is 2.75 bits per heavy atom. The Kier molecular flexibility index (Phi) is 5.46. The molecule has 0 aliphatic heterocycles. The molecule has 1 rings (SSSR count). The number of thiophene rings is 1. The molecule has 0 saturated heterocycles. The van der Waals surface area contributed by atoms with Gasteiger partial charge in [0.15, 0.2) is 0 Å². The predicted octanol–water partition coefficient (Wildman–Crippen LogP) is 3.34. The molecule has 0 aliphatic carbocycles. The maximum Gasteiger partial charge on any atom is 0.0741 e. The highest BCUT2D eigenvalue weighted by Gasteiger charge is 2.20. The standard InChI is InChI=1S/C13H23NOS/c1-4-7-11(12-8-6-9-16-12)14-10-13(3,15)5-2/h6,8-9,11,14-15H,4-5,7,10H2,1-3H3. The molecule has 3 heteroatoms. The zero-order valence-electron chi connectivity index (χ0n) is 10.5. The van der Waals surface area contributed by atoms with Crippen molar-refractivity contribution in [3.05, 3.63) is 22.4 Å². The monoisotopic (exact) mass is 241 g/mol. The number of hydrogen-bond donors (Lipinski definition) is 2. The highest BCUT2D eigenvalue weighted by atomic mass is 32.1. The van der Waals surface area contributed by atoms with Gasteiger partial charge in [0.05, 0.1) is 5.60 Å². The quantitative estimate of drug-likeness (QED) is 0.767. The average molecular weight is 241 g/mol. The van der Waals surface area contributed by atoms with Gasteiger partial charge in [0.1, 0.15) is 0 Å². The van der Waals surface area contributed by atoms with Gasteiger partial charge in [-0.2, -0.15) is 0 Å². The lowest BCUT2D eigenvalue weighted by Crippen LogP contribution is -2.38. The number of hydrogen-bond acceptors (Lipinski definition) is 3. The van der Waals surface area contributed by atoms with Crippen LogP contribution in [0.15, 0.2) is 17.5 Å². The summed E-state index contributed by atoms with van der Waals surface area (Å²) in [5.41, 5.74) is -0.594. The van der Waals surface area contributed by atoms with Crippen LogP contribution in [0.3, 0.4) is 0 Å². The minimum absolute atomic E-state index is 0.392. The van der Waals surface area contributed by atoms with E-state index < -0.39 is 5.60 Å². The summed E-state index contributed by atoms with van der Waals surface area (Å²) >= 11 is 1.79. The molecular formula is C13H23NOS. The van der Waals surface area contributed by atoms with Gasteiger partial charge in [0.25, 0.3) is 0 Å². The number of aliphatic hydroxyl groups is 1. The summed E-state index contributed by atoms with van der Waals surface area (Å²) < 4.78 is 0. The van der Waals surface area contributed by atoms with Crippen molar-refractivity contribution < 1.29 is 5.11 Å². The first-order chi connectivity index (χ1) is 7.59. The Morgan fingerprint density at radius 2 is 2.25 bits per heavy atom. The molecule has 1 aromatic heterocycles. The maximum absolute atomic E-state index is 9.98. The zero-order valence-corrected chi connectivity index (χ0v) is 11.3. The van der Waals surface area contributed by atoms with Gasteiger partial charge in [-0.15, -0.1) is 11.3 Å². The minimum atomic E-state index is -0.594. The van der Waals surface area contributed by atoms with Gasteiger partial charge in [-0.05, 0) is 31.2 Å². The summed E-state index contributed by atoms with van der Waals surface area (Å²) in [6.45, 7) is 6.76. The summed E-state index contributed by atoms with van der Waals surface area (Å²) in [7, 11) is 0. The lowest BCUT2D eigenvalue weighted by molar-refractivity contribution is 0.0525. The van der Waals surface area contributed by atoms with E-state index in [1.54, 1.807) is 11.3 Å². The fourth-order valence-corrected chi connectivity index (χ4v) is 2.43. The Bertz CT molecular complexity index is 282. The molecule has 1 aromatic rings. The fraction of sp³-hybridized carbons (Fsp3) is 0.692. The Labute approximate surface area is 103 Å². The molecule has 2 nitrogen and oxygen atoms in total. The second-order valence-corrected chi connectivity index (χ2v) is 5.57. The first-order valence-corrected chi connectivity index (χ1v) is 6.96. The molecule has 0 spiro atoms. The van der Waals surface area contributed by atoms with Crippen molar-refractivity contribution in [3.63, 3.8) is 0 Å². The second-order valence-electron chi connectivity index (χ2n) is 4.59. The van der Waals surface area contributed by atoms with E-state index in [1.807, 2.05) is 13.8 Å². The van der Waals surface area contributed by atoms with Crippen molar-refractivity contribution in [1.82, 2.24) is 5.32 Å². The van der Waals surface area contributed by atoms with Crippen molar-refractivity contribution in [1.29, 1.82) is 0 Å². The lowest BCUT2D eigenvalue weighted by atomic mass is 10.0. The van der Waals surface area contributed by atoms with Crippen LogP contribution in [-0.2, 0) is 0 Å². The highest BCUT2D eigenvalue weighted by Crippen LogP contribution is 2.23. The van der Waals surface area contributed by atoms with Gasteiger partial charge in [0.2, 0.25) is 0 Å². The Balaban J connectivity index is 2.53. The van der Waals surface area contributed by atoms with E-state index in [4.69, 9.17) is 0 Å². The largest absolute Gasteiger partial charge is 0.389 e. The second kappa shape index (κ2) is 6.38. The van der Waals surface area contributed by atoms with Crippen LogP contribution in [0.2, 0.25) is 0 Å². The van der Waals surface area contributed by atoms with Crippen LogP contribution in [-0.4, -0.2) is 17.3 Å². The van der Waals surface area contributed by atoms with Gasteiger partial charge in [-0.3, -0.25) is 0 Å². The average Bonchev–Trinajstić information content (AvgIpc) is 2.77. The topological polar surface area (TPSA) is 32.3 Å². The molecule has 1 heterocycles. The van der Waals surface area contributed by atoms with Crippen molar-refractivity contribution in [3.8, 4) is 0 Å². The van der Waals surface area contributed by atoms with Crippen molar-refractivity contribution >= 4 is 11.3 Å². The van der Waals surface area contributed by atoms with Crippen LogP contribution in [0, 0.1) is 0 Å². The molecule has 2 unspecified atom stereocenters. The van der Waals surface area contributed by atoms with E-state index in [0.29, 0.717) is 12.6 Å². The summed E-state index contributed by atoms with van der Waals surface area (Å²) in [6, 6.07) is 4.64.